The molecule has 0 radical (unpaired) electrons. The highest BCUT2D eigenvalue weighted by Gasteiger charge is 2.27. The van der Waals surface area contributed by atoms with E-state index in [1.54, 1.807) is 12.1 Å². The molecule has 1 saturated heterocycles. The Balaban J connectivity index is 1.41. The Hall–Kier alpha value is -3.28. The van der Waals surface area contributed by atoms with Crippen LogP contribution in [-0.2, 0) is 4.79 Å². The van der Waals surface area contributed by atoms with E-state index in [9.17, 15) is 9.18 Å². The molecule has 0 aliphatic carbocycles. The minimum absolute atomic E-state index is 0.0578. The lowest BCUT2D eigenvalue weighted by atomic mass is 9.97. The van der Waals surface area contributed by atoms with Gasteiger partial charge >= 0.3 is 0 Å². The second kappa shape index (κ2) is 8.39. The summed E-state index contributed by atoms with van der Waals surface area (Å²) in [5.74, 6) is 0.102. The Morgan fingerprint density at radius 1 is 1.03 bits per heavy atom. The number of aromatic nitrogens is 2. The molecule has 0 unspecified atom stereocenters. The number of carbonyl (C=O) groups excluding carboxylic acids is 1. The Kier molecular flexibility index (Phi) is 5.51. The van der Waals surface area contributed by atoms with E-state index in [0.717, 1.165) is 30.5 Å². The number of amides is 1. The van der Waals surface area contributed by atoms with Crippen molar-refractivity contribution in [3.8, 4) is 11.1 Å². The van der Waals surface area contributed by atoms with Crippen molar-refractivity contribution in [2.75, 3.05) is 23.3 Å². The molecule has 0 bridgehead atoms. The molecule has 3 aromatic rings. The monoisotopic (exact) mass is 390 g/mol. The van der Waals surface area contributed by atoms with Gasteiger partial charge in [-0.15, -0.1) is 0 Å². The number of anilines is 2. The minimum atomic E-state index is -0.321. The smallest absolute Gasteiger partial charge is 0.229 e. The maximum absolute atomic E-state index is 13.0. The van der Waals surface area contributed by atoms with E-state index in [4.69, 9.17) is 0 Å². The number of hydrogen-bond acceptors (Lipinski definition) is 4. The number of rotatable bonds is 4. The third kappa shape index (κ3) is 4.59. The quantitative estimate of drug-likeness (QED) is 0.715. The van der Waals surface area contributed by atoms with Crippen molar-refractivity contribution in [1.29, 1.82) is 0 Å². The number of carbonyl (C=O) groups is 1. The van der Waals surface area contributed by atoms with E-state index in [1.807, 2.05) is 12.4 Å². The van der Waals surface area contributed by atoms with Gasteiger partial charge in [0.15, 0.2) is 0 Å². The molecule has 29 heavy (non-hydrogen) atoms. The maximum atomic E-state index is 13.0. The third-order valence-corrected chi connectivity index (χ3v) is 5.21. The zero-order valence-corrected chi connectivity index (χ0v) is 16.3. The van der Waals surface area contributed by atoms with Crippen LogP contribution in [0, 0.1) is 18.7 Å². The molecule has 0 saturated carbocycles. The molecule has 1 aliphatic heterocycles. The van der Waals surface area contributed by atoms with Crippen LogP contribution in [0.2, 0.25) is 0 Å². The molecular weight excluding hydrogens is 367 g/mol. The summed E-state index contributed by atoms with van der Waals surface area (Å²) in [5.41, 5.74) is 3.87. The normalized spacial score (nSPS) is 16.5. The van der Waals surface area contributed by atoms with Crippen LogP contribution in [0.15, 0.2) is 60.9 Å². The summed E-state index contributed by atoms with van der Waals surface area (Å²) in [4.78, 5) is 23.7. The summed E-state index contributed by atoms with van der Waals surface area (Å²) in [5, 5.41) is 2.87. The van der Waals surface area contributed by atoms with Gasteiger partial charge in [-0.25, -0.2) is 14.4 Å². The molecule has 2 heterocycles. The summed E-state index contributed by atoms with van der Waals surface area (Å²) in [6.07, 6.45) is 5.36. The molecule has 6 heteroatoms. The van der Waals surface area contributed by atoms with E-state index >= 15 is 0 Å². The molecule has 4 rings (SSSR count). The van der Waals surface area contributed by atoms with Crippen LogP contribution in [0.5, 0.6) is 0 Å². The lowest BCUT2D eigenvalue weighted by molar-refractivity contribution is -0.120. The van der Waals surface area contributed by atoms with Crippen molar-refractivity contribution in [2.45, 2.75) is 19.8 Å². The fourth-order valence-corrected chi connectivity index (χ4v) is 3.53. The molecule has 1 atom stereocenters. The van der Waals surface area contributed by atoms with Gasteiger partial charge in [-0.1, -0.05) is 29.8 Å². The fraction of sp³-hybridized carbons (Fsp3) is 0.261. The highest BCUT2D eigenvalue weighted by molar-refractivity contribution is 5.93. The number of nitrogens with one attached hydrogen (secondary N) is 1. The van der Waals surface area contributed by atoms with Crippen molar-refractivity contribution in [3.63, 3.8) is 0 Å². The van der Waals surface area contributed by atoms with Crippen molar-refractivity contribution in [2.24, 2.45) is 5.92 Å². The number of hydrogen-bond donors (Lipinski definition) is 1. The first kappa shape index (κ1) is 19.1. The van der Waals surface area contributed by atoms with E-state index in [1.165, 1.54) is 17.7 Å². The highest BCUT2D eigenvalue weighted by atomic mass is 19.1. The molecule has 1 amide bonds. The fourth-order valence-electron chi connectivity index (χ4n) is 3.53. The molecule has 1 aromatic heterocycles. The van der Waals surface area contributed by atoms with Crippen LogP contribution in [0.3, 0.4) is 0 Å². The number of piperidine rings is 1. The largest absolute Gasteiger partial charge is 0.340 e. The van der Waals surface area contributed by atoms with Crippen molar-refractivity contribution < 1.29 is 9.18 Å². The van der Waals surface area contributed by atoms with Crippen molar-refractivity contribution in [1.82, 2.24) is 9.97 Å². The lowest BCUT2D eigenvalue weighted by Gasteiger charge is -2.32. The number of aryl methyl sites for hydroxylation is 1. The van der Waals surface area contributed by atoms with Crippen LogP contribution in [0.1, 0.15) is 18.4 Å². The van der Waals surface area contributed by atoms with Crippen LogP contribution in [-0.4, -0.2) is 29.0 Å². The predicted octanol–water partition coefficient (Wildman–Crippen LogP) is 4.45. The van der Waals surface area contributed by atoms with Crippen LogP contribution in [0.4, 0.5) is 16.0 Å². The van der Waals surface area contributed by atoms with E-state index < -0.39 is 0 Å². The summed E-state index contributed by atoms with van der Waals surface area (Å²) in [6, 6.07) is 14.1. The van der Waals surface area contributed by atoms with Gasteiger partial charge < -0.3 is 10.2 Å². The lowest BCUT2D eigenvalue weighted by Crippen LogP contribution is -2.41. The Morgan fingerprint density at radius 2 is 1.72 bits per heavy atom. The Bertz CT molecular complexity index is 971. The van der Waals surface area contributed by atoms with Gasteiger partial charge in [-0.2, -0.15) is 0 Å². The average molecular weight is 390 g/mol. The molecule has 1 aliphatic rings. The predicted molar refractivity (Wildman–Crippen MR) is 112 cm³/mol. The second-order valence-corrected chi connectivity index (χ2v) is 7.42. The molecule has 148 valence electrons. The van der Waals surface area contributed by atoms with Gasteiger partial charge in [0.2, 0.25) is 11.9 Å². The van der Waals surface area contributed by atoms with Gasteiger partial charge in [0.25, 0.3) is 0 Å². The molecule has 5 nitrogen and oxygen atoms in total. The number of halogens is 1. The molecular formula is C23H23FN4O. The van der Waals surface area contributed by atoms with Crippen LogP contribution < -0.4 is 10.2 Å². The summed E-state index contributed by atoms with van der Waals surface area (Å²) in [7, 11) is 0. The molecule has 0 spiro atoms. The van der Waals surface area contributed by atoms with E-state index in [-0.39, 0.29) is 17.6 Å². The van der Waals surface area contributed by atoms with E-state index in [2.05, 4.69) is 51.4 Å². The maximum Gasteiger partial charge on any atom is 0.229 e. The standard InChI is InChI=1S/C23H23FN4O/c1-16-4-6-17(7-5-16)19-13-25-23(26-14-19)28-12-2-3-18(15-28)22(29)27-21-10-8-20(24)9-11-21/h4-11,13-14,18H,2-3,12,15H2,1H3,(H,27,29)/t18-/m1/s1. The van der Waals surface area contributed by atoms with Gasteiger partial charge in [-0.05, 0) is 49.6 Å². The molecule has 1 N–H and O–H groups in total. The summed E-state index contributed by atoms with van der Waals surface area (Å²) >= 11 is 0. The molecule has 2 aromatic carbocycles. The number of nitrogens with zero attached hydrogens (tertiary/aromatic N) is 3. The first-order chi connectivity index (χ1) is 14.1. The zero-order chi connectivity index (χ0) is 20.2. The Labute approximate surface area is 169 Å². The van der Waals surface area contributed by atoms with Gasteiger partial charge in [0.1, 0.15) is 5.82 Å². The summed E-state index contributed by atoms with van der Waals surface area (Å²) < 4.78 is 13.0. The highest BCUT2D eigenvalue weighted by Crippen LogP contribution is 2.24. The zero-order valence-electron chi connectivity index (χ0n) is 16.3. The first-order valence-corrected chi connectivity index (χ1v) is 9.79. The van der Waals surface area contributed by atoms with Crippen molar-refractivity contribution >= 4 is 17.5 Å². The second-order valence-electron chi connectivity index (χ2n) is 7.42. The van der Waals surface area contributed by atoms with Gasteiger partial charge in [0, 0.05) is 36.7 Å². The molecule has 1 fully saturated rings. The number of benzene rings is 2. The van der Waals surface area contributed by atoms with Gasteiger partial charge in [0.05, 0.1) is 5.92 Å². The van der Waals surface area contributed by atoms with Crippen LogP contribution >= 0.6 is 0 Å². The topological polar surface area (TPSA) is 58.1 Å². The third-order valence-electron chi connectivity index (χ3n) is 5.21. The average Bonchev–Trinajstić information content (AvgIpc) is 2.76. The van der Waals surface area contributed by atoms with Crippen LogP contribution in [0.25, 0.3) is 11.1 Å². The SMILES string of the molecule is Cc1ccc(-c2cnc(N3CCC[C@@H](C(=O)Nc4ccc(F)cc4)C3)nc2)cc1. The summed E-state index contributed by atoms with van der Waals surface area (Å²) in [6.45, 7) is 3.45. The first-order valence-electron chi connectivity index (χ1n) is 9.79. The van der Waals surface area contributed by atoms with E-state index in [0.29, 0.717) is 18.2 Å². The Morgan fingerprint density at radius 3 is 2.41 bits per heavy atom. The minimum Gasteiger partial charge on any atom is -0.340 e. The van der Waals surface area contributed by atoms with Gasteiger partial charge in [-0.3, -0.25) is 4.79 Å². The van der Waals surface area contributed by atoms with Crippen molar-refractivity contribution in [3.05, 3.63) is 72.3 Å².